The highest BCUT2D eigenvalue weighted by molar-refractivity contribution is 6.30. The van der Waals surface area contributed by atoms with Gasteiger partial charge in [0.2, 0.25) is 5.91 Å². The van der Waals surface area contributed by atoms with Crippen LogP contribution in [0.15, 0.2) is 72.8 Å². The van der Waals surface area contributed by atoms with Crippen LogP contribution in [0, 0.1) is 6.92 Å². The molecule has 2 unspecified atom stereocenters. The Balaban J connectivity index is 1.45. The number of aliphatic hydroxyl groups is 1. The number of carbonyl (C=O) groups excluding carboxylic acids is 3. The lowest BCUT2D eigenvalue weighted by atomic mass is 9.97. The topological polar surface area (TPSA) is 98.7 Å². The number of hydrogen-bond donors (Lipinski definition) is 3. The summed E-state index contributed by atoms with van der Waals surface area (Å²) >= 11 is 5.95. The lowest BCUT2D eigenvalue weighted by molar-refractivity contribution is -0.132. The van der Waals surface area contributed by atoms with E-state index in [2.05, 4.69) is 10.6 Å². The molecule has 4 rings (SSSR count). The molecule has 4 amide bonds. The number of amides is 4. The van der Waals surface area contributed by atoms with Crippen molar-refractivity contribution in [2.24, 2.45) is 0 Å². The predicted molar refractivity (Wildman–Crippen MR) is 126 cm³/mol. The highest BCUT2D eigenvalue weighted by atomic mass is 35.5. The van der Waals surface area contributed by atoms with Gasteiger partial charge >= 0.3 is 6.03 Å². The zero-order valence-electron chi connectivity index (χ0n) is 17.8. The fraction of sp³-hybridized carbons (Fsp3) is 0.160. The highest BCUT2D eigenvalue weighted by Crippen LogP contribution is 2.28. The number of benzene rings is 3. The average Bonchev–Trinajstić information content (AvgIpc) is 3.09. The van der Waals surface area contributed by atoms with Crippen LogP contribution in [0.3, 0.4) is 0 Å². The molecule has 1 aliphatic heterocycles. The molecule has 3 aromatic rings. The number of aliphatic hydroxyl groups excluding tert-OH is 1. The van der Waals surface area contributed by atoms with Gasteiger partial charge in [0.05, 0.1) is 0 Å². The molecule has 33 heavy (non-hydrogen) atoms. The van der Waals surface area contributed by atoms with E-state index in [-0.39, 0.29) is 0 Å². The van der Waals surface area contributed by atoms with Crippen molar-refractivity contribution < 1.29 is 19.5 Å². The second kappa shape index (κ2) is 9.44. The normalized spacial score (nSPS) is 16.5. The molecule has 0 aromatic heterocycles. The summed E-state index contributed by atoms with van der Waals surface area (Å²) in [6.07, 6.45) is -1.28. The zero-order valence-corrected chi connectivity index (χ0v) is 18.5. The first-order valence-corrected chi connectivity index (χ1v) is 10.7. The largest absolute Gasteiger partial charge is 0.386 e. The summed E-state index contributed by atoms with van der Waals surface area (Å²) in [5, 5.41) is 16.6. The Bertz CT molecular complexity index is 1200. The fourth-order valence-corrected chi connectivity index (χ4v) is 3.75. The lowest BCUT2D eigenvalue weighted by Crippen LogP contribution is -2.39. The summed E-state index contributed by atoms with van der Waals surface area (Å²) < 4.78 is 0. The number of hydrogen-bond acceptors (Lipinski definition) is 4. The van der Waals surface area contributed by atoms with E-state index >= 15 is 0 Å². The second-order valence-corrected chi connectivity index (χ2v) is 8.28. The van der Waals surface area contributed by atoms with Crippen molar-refractivity contribution in [3.8, 4) is 11.1 Å². The fourth-order valence-electron chi connectivity index (χ4n) is 3.62. The number of anilines is 1. The standard InChI is InChI=1S/C25H22ClN3O4/c1-15-5-11-20(12-6-15)27-21(30)14-29-24(32)22(28-25(29)33)23(31)18-4-2-3-17(13-18)16-7-9-19(26)10-8-16/h2-13,22-23,31H,14H2,1H3,(H,27,30)(H,28,33). The Hall–Kier alpha value is -3.68. The number of imide groups is 1. The van der Waals surface area contributed by atoms with Gasteiger partial charge in [-0.2, -0.15) is 0 Å². The Morgan fingerprint density at radius 3 is 2.45 bits per heavy atom. The Labute approximate surface area is 196 Å². The van der Waals surface area contributed by atoms with E-state index < -0.39 is 36.5 Å². The third-order valence-corrected chi connectivity index (χ3v) is 5.67. The van der Waals surface area contributed by atoms with E-state index in [9.17, 15) is 19.5 Å². The molecule has 2 atom stereocenters. The maximum atomic E-state index is 12.8. The third kappa shape index (κ3) is 5.05. The van der Waals surface area contributed by atoms with E-state index in [1.165, 1.54) is 0 Å². The van der Waals surface area contributed by atoms with Gasteiger partial charge in [0.25, 0.3) is 5.91 Å². The van der Waals surface area contributed by atoms with E-state index in [1.54, 1.807) is 42.5 Å². The molecule has 1 aliphatic rings. The molecule has 7 nitrogen and oxygen atoms in total. The molecular formula is C25H22ClN3O4. The van der Waals surface area contributed by atoms with Gasteiger partial charge in [0, 0.05) is 10.7 Å². The van der Waals surface area contributed by atoms with Crippen molar-refractivity contribution in [1.82, 2.24) is 10.2 Å². The van der Waals surface area contributed by atoms with Gasteiger partial charge in [-0.05, 0) is 53.9 Å². The summed E-state index contributed by atoms with van der Waals surface area (Å²) in [5.74, 6) is -1.18. The molecular weight excluding hydrogens is 442 g/mol. The van der Waals surface area contributed by atoms with Crippen LogP contribution in [0.5, 0.6) is 0 Å². The average molecular weight is 464 g/mol. The first-order valence-electron chi connectivity index (χ1n) is 10.3. The quantitative estimate of drug-likeness (QED) is 0.483. The minimum atomic E-state index is -1.28. The van der Waals surface area contributed by atoms with Gasteiger partial charge in [-0.25, -0.2) is 4.79 Å². The molecule has 1 heterocycles. The number of nitrogens with one attached hydrogen (secondary N) is 2. The van der Waals surface area contributed by atoms with Crippen molar-refractivity contribution in [2.45, 2.75) is 19.1 Å². The zero-order chi connectivity index (χ0) is 23.5. The maximum Gasteiger partial charge on any atom is 0.325 e. The number of rotatable bonds is 6. The Morgan fingerprint density at radius 2 is 1.76 bits per heavy atom. The van der Waals surface area contributed by atoms with E-state index in [4.69, 9.17) is 11.6 Å². The van der Waals surface area contributed by atoms with Gasteiger partial charge in [-0.1, -0.05) is 59.6 Å². The molecule has 168 valence electrons. The first-order chi connectivity index (χ1) is 15.8. The smallest absolute Gasteiger partial charge is 0.325 e. The van der Waals surface area contributed by atoms with E-state index in [0.717, 1.165) is 21.6 Å². The molecule has 1 saturated heterocycles. The monoisotopic (exact) mass is 463 g/mol. The van der Waals surface area contributed by atoms with Gasteiger partial charge in [0.1, 0.15) is 18.7 Å². The van der Waals surface area contributed by atoms with Crippen LogP contribution in [0.25, 0.3) is 11.1 Å². The molecule has 0 saturated carbocycles. The van der Waals surface area contributed by atoms with Crippen LogP contribution in [0.4, 0.5) is 10.5 Å². The van der Waals surface area contributed by atoms with Gasteiger partial charge in [-0.15, -0.1) is 0 Å². The molecule has 8 heteroatoms. The van der Waals surface area contributed by atoms with Crippen LogP contribution in [-0.2, 0) is 9.59 Å². The minimum Gasteiger partial charge on any atom is -0.386 e. The molecule has 3 aromatic carbocycles. The summed E-state index contributed by atoms with van der Waals surface area (Å²) in [6.45, 7) is 1.47. The summed E-state index contributed by atoms with van der Waals surface area (Å²) in [7, 11) is 0. The summed E-state index contributed by atoms with van der Waals surface area (Å²) in [4.78, 5) is 38.4. The predicted octanol–water partition coefficient (Wildman–Crippen LogP) is 3.91. The van der Waals surface area contributed by atoms with E-state index in [0.29, 0.717) is 16.3 Å². The number of aryl methyl sites for hydroxylation is 1. The van der Waals surface area contributed by atoms with Crippen LogP contribution in [0.1, 0.15) is 17.2 Å². The SMILES string of the molecule is Cc1ccc(NC(=O)CN2C(=O)NC(C(O)c3cccc(-c4ccc(Cl)cc4)c3)C2=O)cc1. The first kappa shape index (κ1) is 22.5. The van der Waals surface area contributed by atoms with Crippen LogP contribution in [0.2, 0.25) is 5.02 Å². The van der Waals surface area contributed by atoms with Crippen molar-refractivity contribution in [1.29, 1.82) is 0 Å². The van der Waals surface area contributed by atoms with Crippen molar-refractivity contribution >= 4 is 35.1 Å². The van der Waals surface area contributed by atoms with Crippen molar-refractivity contribution in [2.75, 3.05) is 11.9 Å². The van der Waals surface area contributed by atoms with E-state index in [1.807, 2.05) is 37.3 Å². The van der Waals surface area contributed by atoms with Gasteiger partial charge < -0.3 is 15.7 Å². The number of nitrogens with zero attached hydrogens (tertiary/aromatic N) is 1. The molecule has 0 radical (unpaired) electrons. The third-order valence-electron chi connectivity index (χ3n) is 5.41. The van der Waals surface area contributed by atoms with Gasteiger partial charge in [0.15, 0.2) is 0 Å². The number of carbonyl (C=O) groups is 3. The van der Waals surface area contributed by atoms with Crippen LogP contribution in [-0.4, -0.2) is 40.4 Å². The summed E-state index contributed by atoms with van der Waals surface area (Å²) in [6, 6.07) is 19.5. The van der Waals surface area contributed by atoms with Crippen LogP contribution >= 0.6 is 11.6 Å². The maximum absolute atomic E-state index is 12.8. The molecule has 0 aliphatic carbocycles. The Morgan fingerprint density at radius 1 is 1.06 bits per heavy atom. The molecule has 0 spiro atoms. The highest BCUT2D eigenvalue weighted by Gasteiger charge is 2.43. The minimum absolute atomic E-state index is 0.452. The number of halogens is 1. The second-order valence-electron chi connectivity index (χ2n) is 7.84. The van der Waals surface area contributed by atoms with Gasteiger partial charge in [-0.3, -0.25) is 14.5 Å². The number of urea groups is 1. The lowest BCUT2D eigenvalue weighted by Gasteiger charge is -2.18. The van der Waals surface area contributed by atoms with Crippen molar-refractivity contribution in [3.05, 3.63) is 88.9 Å². The molecule has 1 fully saturated rings. The molecule has 3 N–H and O–H groups in total. The van der Waals surface area contributed by atoms with Crippen LogP contribution < -0.4 is 10.6 Å². The summed E-state index contributed by atoms with van der Waals surface area (Å²) in [5.41, 5.74) is 3.79. The Kier molecular flexibility index (Phi) is 6.44. The molecule has 0 bridgehead atoms. The van der Waals surface area contributed by atoms with Crippen molar-refractivity contribution in [3.63, 3.8) is 0 Å².